The molecule has 1 N–H and O–H groups in total. The third-order valence-electron chi connectivity index (χ3n) is 3.37. The van der Waals surface area contributed by atoms with Gasteiger partial charge in [0.2, 0.25) is 0 Å². The fraction of sp³-hybridized carbons (Fsp3) is 0.0526. The molecule has 23 heavy (non-hydrogen) atoms. The molecule has 0 aliphatic heterocycles. The first-order valence-electron chi connectivity index (χ1n) is 6.96. The van der Waals surface area contributed by atoms with Gasteiger partial charge in [0.1, 0.15) is 0 Å². The number of esters is 1. The van der Waals surface area contributed by atoms with Gasteiger partial charge in [-0.25, -0.2) is 9.78 Å². The van der Waals surface area contributed by atoms with Crippen LogP contribution in [0.2, 0.25) is 0 Å². The van der Waals surface area contributed by atoms with E-state index >= 15 is 0 Å². The van der Waals surface area contributed by atoms with Crippen LogP contribution in [0.4, 0.5) is 0 Å². The number of aromatic nitrogens is 1. The molecule has 1 heterocycles. The average Bonchev–Trinajstić information content (AvgIpc) is 2.60. The van der Waals surface area contributed by atoms with Crippen LogP contribution in [0.25, 0.3) is 10.8 Å². The lowest BCUT2D eigenvalue weighted by Gasteiger charge is -2.05. The Morgan fingerprint density at radius 3 is 2.57 bits per heavy atom. The number of nitrogens with zero attached hydrogens (tertiary/aromatic N) is 1. The summed E-state index contributed by atoms with van der Waals surface area (Å²) in [7, 11) is 1.25. The van der Waals surface area contributed by atoms with Crippen molar-refractivity contribution < 1.29 is 14.6 Å². The molecule has 0 spiro atoms. The van der Waals surface area contributed by atoms with E-state index in [0.29, 0.717) is 10.8 Å². The zero-order chi connectivity index (χ0) is 16.2. The Labute approximate surface area is 133 Å². The third kappa shape index (κ3) is 2.99. The second-order valence-electron chi connectivity index (χ2n) is 4.87. The highest BCUT2D eigenvalue weighted by molar-refractivity contribution is 5.99. The molecule has 0 radical (unpaired) electrons. The maximum absolute atomic E-state index is 11.5. The molecule has 0 aliphatic rings. The summed E-state index contributed by atoms with van der Waals surface area (Å²) in [5.74, 6) is 5.29. The molecular formula is C19H13NO3. The van der Waals surface area contributed by atoms with E-state index in [-0.39, 0.29) is 11.4 Å². The van der Waals surface area contributed by atoms with E-state index in [1.54, 1.807) is 12.1 Å². The summed E-state index contributed by atoms with van der Waals surface area (Å²) in [6.07, 6.45) is 1.52. The molecule has 0 amide bonds. The highest BCUT2D eigenvalue weighted by Gasteiger charge is 2.15. The van der Waals surface area contributed by atoms with Gasteiger partial charge in [-0.1, -0.05) is 30.0 Å². The molecule has 3 rings (SSSR count). The SMILES string of the molecule is COC(=O)c1ncc2cc(C#Cc3ccccc3)ccc2c1O. The van der Waals surface area contributed by atoms with Crippen LogP contribution in [0.3, 0.4) is 0 Å². The number of aromatic hydroxyl groups is 1. The Morgan fingerprint density at radius 2 is 1.83 bits per heavy atom. The number of carbonyl (C=O) groups excluding carboxylic acids is 1. The molecule has 0 unspecified atom stereocenters. The highest BCUT2D eigenvalue weighted by atomic mass is 16.5. The average molecular weight is 303 g/mol. The predicted octanol–water partition coefficient (Wildman–Crippen LogP) is 3.13. The van der Waals surface area contributed by atoms with Gasteiger partial charge in [0.15, 0.2) is 11.4 Å². The first-order chi connectivity index (χ1) is 11.2. The van der Waals surface area contributed by atoms with Crippen molar-refractivity contribution in [1.29, 1.82) is 0 Å². The standard InChI is InChI=1S/C19H13NO3/c1-23-19(22)17-18(21)16-10-9-14(11-15(16)12-20-17)8-7-13-5-3-2-4-6-13/h2-6,9-12,21H,1H3. The zero-order valence-corrected chi connectivity index (χ0v) is 12.4. The quantitative estimate of drug-likeness (QED) is 0.554. The lowest BCUT2D eigenvalue weighted by molar-refractivity contribution is 0.0591. The van der Waals surface area contributed by atoms with E-state index in [4.69, 9.17) is 0 Å². The highest BCUT2D eigenvalue weighted by Crippen LogP contribution is 2.27. The summed E-state index contributed by atoms with van der Waals surface area (Å²) in [5, 5.41) is 11.4. The minimum atomic E-state index is -0.669. The fourth-order valence-corrected chi connectivity index (χ4v) is 2.20. The minimum Gasteiger partial charge on any atom is -0.505 e. The van der Waals surface area contributed by atoms with Crippen LogP contribution in [0, 0.1) is 11.8 Å². The minimum absolute atomic E-state index is 0.0943. The van der Waals surface area contributed by atoms with Crippen molar-refractivity contribution in [3.8, 4) is 17.6 Å². The second kappa shape index (κ2) is 6.20. The van der Waals surface area contributed by atoms with Crippen LogP contribution < -0.4 is 0 Å². The summed E-state index contributed by atoms with van der Waals surface area (Å²) in [6, 6.07) is 15.0. The number of hydrogen-bond donors (Lipinski definition) is 1. The van der Waals surface area contributed by atoms with Gasteiger partial charge >= 0.3 is 5.97 Å². The normalized spacial score (nSPS) is 9.96. The molecule has 0 fully saturated rings. The van der Waals surface area contributed by atoms with Crippen molar-refractivity contribution in [2.24, 2.45) is 0 Å². The number of carbonyl (C=O) groups is 1. The third-order valence-corrected chi connectivity index (χ3v) is 3.37. The van der Waals surface area contributed by atoms with Crippen LogP contribution in [-0.2, 0) is 4.74 Å². The van der Waals surface area contributed by atoms with Crippen molar-refractivity contribution in [2.45, 2.75) is 0 Å². The number of ether oxygens (including phenoxy) is 1. The molecule has 4 nitrogen and oxygen atoms in total. The van der Waals surface area contributed by atoms with Gasteiger partial charge in [0, 0.05) is 28.1 Å². The first kappa shape index (κ1) is 14.6. The Bertz CT molecular complexity index is 937. The van der Waals surface area contributed by atoms with Crippen molar-refractivity contribution in [2.75, 3.05) is 7.11 Å². The molecule has 0 saturated heterocycles. The van der Waals surface area contributed by atoms with E-state index in [1.807, 2.05) is 36.4 Å². The van der Waals surface area contributed by atoms with Crippen LogP contribution in [0.15, 0.2) is 54.7 Å². The molecule has 3 aromatic rings. The van der Waals surface area contributed by atoms with E-state index in [0.717, 1.165) is 11.1 Å². The maximum atomic E-state index is 11.5. The number of hydrogen-bond acceptors (Lipinski definition) is 4. The second-order valence-corrected chi connectivity index (χ2v) is 4.87. The van der Waals surface area contributed by atoms with Crippen LogP contribution in [-0.4, -0.2) is 23.2 Å². The zero-order valence-electron chi connectivity index (χ0n) is 12.4. The van der Waals surface area contributed by atoms with Gasteiger partial charge in [-0.05, 0) is 30.3 Å². The summed E-state index contributed by atoms with van der Waals surface area (Å²) in [6.45, 7) is 0. The molecule has 0 bridgehead atoms. The molecule has 0 atom stereocenters. The van der Waals surface area contributed by atoms with E-state index in [1.165, 1.54) is 13.3 Å². The van der Waals surface area contributed by atoms with Gasteiger partial charge in [-0.2, -0.15) is 0 Å². The number of pyridine rings is 1. The molecule has 0 aliphatic carbocycles. The molecule has 1 aromatic heterocycles. The summed E-state index contributed by atoms with van der Waals surface area (Å²) in [4.78, 5) is 15.5. The summed E-state index contributed by atoms with van der Waals surface area (Å²) >= 11 is 0. The number of methoxy groups -OCH3 is 1. The predicted molar refractivity (Wildman–Crippen MR) is 87.2 cm³/mol. The molecular weight excluding hydrogens is 290 g/mol. The largest absolute Gasteiger partial charge is 0.505 e. The van der Waals surface area contributed by atoms with Crippen LogP contribution in [0.5, 0.6) is 5.75 Å². The van der Waals surface area contributed by atoms with Gasteiger partial charge in [-0.15, -0.1) is 0 Å². The molecule has 112 valence electrons. The smallest absolute Gasteiger partial charge is 0.360 e. The topological polar surface area (TPSA) is 59.4 Å². The van der Waals surface area contributed by atoms with E-state index in [9.17, 15) is 9.90 Å². The molecule has 4 heteroatoms. The maximum Gasteiger partial charge on any atom is 0.360 e. The van der Waals surface area contributed by atoms with Gasteiger partial charge < -0.3 is 9.84 Å². The van der Waals surface area contributed by atoms with E-state index in [2.05, 4.69) is 21.6 Å². The monoisotopic (exact) mass is 303 g/mol. The van der Waals surface area contributed by atoms with Gasteiger partial charge in [-0.3, -0.25) is 0 Å². The van der Waals surface area contributed by atoms with Crippen LogP contribution in [0.1, 0.15) is 21.6 Å². The van der Waals surface area contributed by atoms with Crippen LogP contribution >= 0.6 is 0 Å². The number of rotatable bonds is 1. The summed E-state index contributed by atoms with van der Waals surface area (Å²) < 4.78 is 4.59. The Balaban J connectivity index is 2.01. The fourth-order valence-electron chi connectivity index (χ4n) is 2.20. The number of fused-ring (bicyclic) bond motifs is 1. The van der Waals surface area contributed by atoms with Gasteiger partial charge in [0.05, 0.1) is 7.11 Å². The van der Waals surface area contributed by atoms with Crippen molar-refractivity contribution in [3.05, 3.63) is 71.5 Å². The lowest BCUT2D eigenvalue weighted by Crippen LogP contribution is -2.04. The van der Waals surface area contributed by atoms with Crippen molar-refractivity contribution in [1.82, 2.24) is 4.98 Å². The summed E-state index contributed by atoms with van der Waals surface area (Å²) in [5.41, 5.74) is 1.63. The Kier molecular flexibility index (Phi) is 3.94. The van der Waals surface area contributed by atoms with Crippen molar-refractivity contribution >= 4 is 16.7 Å². The lowest BCUT2D eigenvalue weighted by atomic mass is 10.1. The molecule has 2 aromatic carbocycles. The first-order valence-corrected chi connectivity index (χ1v) is 6.96. The Morgan fingerprint density at radius 1 is 1.09 bits per heavy atom. The van der Waals surface area contributed by atoms with Gasteiger partial charge in [0.25, 0.3) is 0 Å². The van der Waals surface area contributed by atoms with E-state index < -0.39 is 5.97 Å². The van der Waals surface area contributed by atoms with Crippen molar-refractivity contribution in [3.63, 3.8) is 0 Å². The Hall–Kier alpha value is -3.32. The molecule has 0 saturated carbocycles. The number of benzene rings is 2.